The maximum atomic E-state index is 3.89. The maximum Gasteiger partial charge on any atom is 0.0164 e. The molecule has 1 aromatic carbocycles. The second-order valence-corrected chi connectivity index (χ2v) is 7.05. The van der Waals surface area contributed by atoms with Crippen molar-refractivity contribution in [1.29, 1.82) is 0 Å². The van der Waals surface area contributed by atoms with E-state index < -0.39 is 0 Å². The van der Waals surface area contributed by atoms with E-state index >= 15 is 0 Å². The van der Waals surface area contributed by atoms with Crippen LogP contribution in [0.25, 0.3) is 0 Å². The maximum absolute atomic E-state index is 3.89. The Kier molecular flexibility index (Phi) is 5.87. The summed E-state index contributed by atoms with van der Waals surface area (Å²) in [6, 6.07) is 7.66. The second kappa shape index (κ2) is 7.45. The summed E-state index contributed by atoms with van der Waals surface area (Å²) in [6.07, 6.45) is 9.40. The zero-order chi connectivity index (χ0) is 15.3. The van der Waals surface area contributed by atoms with E-state index in [9.17, 15) is 0 Å². The van der Waals surface area contributed by atoms with E-state index in [0.717, 1.165) is 6.54 Å². The Morgan fingerprint density at radius 1 is 1.10 bits per heavy atom. The monoisotopic (exact) mass is 287 g/mol. The molecule has 0 heterocycles. The van der Waals surface area contributed by atoms with E-state index in [1.54, 1.807) is 0 Å². The van der Waals surface area contributed by atoms with Crippen LogP contribution in [0.5, 0.6) is 0 Å². The van der Waals surface area contributed by atoms with Crippen molar-refractivity contribution in [3.05, 3.63) is 34.9 Å². The molecule has 1 saturated carbocycles. The van der Waals surface area contributed by atoms with Crippen molar-refractivity contribution in [1.82, 2.24) is 5.32 Å². The third-order valence-corrected chi connectivity index (χ3v) is 5.69. The summed E-state index contributed by atoms with van der Waals surface area (Å²) < 4.78 is 0. The summed E-state index contributed by atoms with van der Waals surface area (Å²) in [6.45, 7) is 10.3. The van der Waals surface area contributed by atoms with Crippen molar-refractivity contribution in [2.75, 3.05) is 6.54 Å². The summed E-state index contributed by atoms with van der Waals surface area (Å²) in [4.78, 5) is 0. The summed E-state index contributed by atoms with van der Waals surface area (Å²) in [5, 5.41) is 3.89. The first-order valence-electron chi connectivity index (χ1n) is 8.91. The molecule has 0 saturated heterocycles. The van der Waals surface area contributed by atoms with Gasteiger partial charge in [0.1, 0.15) is 0 Å². The van der Waals surface area contributed by atoms with Crippen LogP contribution in [-0.2, 0) is 6.42 Å². The van der Waals surface area contributed by atoms with Gasteiger partial charge in [-0.15, -0.1) is 0 Å². The van der Waals surface area contributed by atoms with E-state index in [2.05, 4.69) is 51.2 Å². The number of rotatable bonds is 7. The highest BCUT2D eigenvalue weighted by Crippen LogP contribution is 2.44. The van der Waals surface area contributed by atoms with Crippen LogP contribution in [-0.4, -0.2) is 12.6 Å². The SMILES string of the molecule is CCCNC(Cc1ccc(C)c(C)c1)C1(CC)CCCC1. The van der Waals surface area contributed by atoms with Crippen molar-refractivity contribution in [2.45, 2.75) is 78.7 Å². The molecule has 1 fully saturated rings. The van der Waals surface area contributed by atoms with Crippen molar-refractivity contribution < 1.29 is 0 Å². The highest BCUT2D eigenvalue weighted by Gasteiger charge is 2.39. The predicted molar refractivity (Wildman–Crippen MR) is 92.9 cm³/mol. The molecular formula is C20H33N. The summed E-state index contributed by atoms with van der Waals surface area (Å²) in [5.41, 5.74) is 4.88. The lowest BCUT2D eigenvalue weighted by molar-refractivity contribution is 0.184. The molecule has 21 heavy (non-hydrogen) atoms. The van der Waals surface area contributed by atoms with Gasteiger partial charge in [0.25, 0.3) is 0 Å². The van der Waals surface area contributed by atoms with E-state index in [4.69, 9.17) is 0 Å². The van der Waals surface area contributed by atoms with E-state index in [1.807, 2.05) is 0 Å². The largest absolute Gasteiger partial charge is 0.313 e. The molecule has 0 aromatic heterocycles. The standard InChI is InChI=1S/C20H33N/c1-5-13-21-19(20(6-2)11-7-8-12-20)15-18-10-9-16(3)17(4)14-18/h9-10,14,19,21H,5-8,11-13,15H2,1-4H3. The molecule has 0 amide bonds. The van der Waals surface area contributed by atoms with Crippen LogP contribution in [0.15, 0.2) is 18.2 Å². The molecule has 1 nitrogen and oxygen atoms in total. The highest BCUT2D eigenvalue weighted by atomic mass is 14.9. The van der Waals surface area contributed by atoms with Crippen LogP contribution in [0.2, 0.25) is 0 Å². The Morgan fingerprint density at radius 3 is 2.38 bits per heavy atom. The van der Waals surface area contributed by atoms with Crippen molar-refractivity contribution >= 4 is 0 Å². The minimum absolute atomic E-state index is 0.536. The zero-order valence-corrected chi connectivity index (χ0v) is 14.5. The fourth-order valence-electron chi connectivity index (χ4n) is 4.02. The second-order valence-electron chi connectivity index (χ2n) is 7.05. The third kappa shape index (κ3) is 3.88. The Balaban J connectivity index is 2.17. The lowest BCUT2D eigenvalue weighted by atomic mass is 9.73. The molecule has 1 N–H and O–H groups in total. The fraction of sp³-hybridized carbons (Fsp3) is 0.700. The average Bonchev–Trinajstić information content (AvgIpc) is 2.97. The first-order valence-corrected chi connectivity index (χ1v) is 8.91. The van der Waals surface area contributed by atoms with Crippen LogP contribution in [0.1, 0.15) is 69.1 Å². The average molecular weight is 287 g/mol. The van der Waals surface area contributed by atoms with Crippen LogP contribution < -0.4 is 5.32 Å². The molecule has 1 aromatic rings. The Morgan fingerprint density at radius 2 is 1.81 bits per heavy atom. The van der Waals surface area contributed by atoms with Gasteiger partial charge >= 0.3 is 0 Å². The number of nitrogens with one attached hydrogen (secondary N) is 1. The van der Waals surface area contributed by atoms with Gasteiger partial charge in [-0.25, -0.2) is 0 Å². The van der Waals surface area contributed by atoms with Gasteiger partial charge < -0.3 is 5.32 Å². The molecule has 1 aliphatic rings. The van der Waals surface area contributed by atoms with Crippen LogP contribution in [0.3, 0.4) is 0 Å². The van der Waals surface area contributed by atoms with Gasteiger partial charge in [-0.05, 0) is 74.6 Å². The molecule has 2 rings (SSSR count). The van der Waals surface area contributed by atoms with Crippen LogP contribution >= 0.6 is 0 Å². The Hall–Kier alpha value is -0.820. The minimum atomic E-state index is 0.536. The smallest absolute Gasteiger partial charge is 0.0164 e. The van der Waals surface area contributed by atoms with Crippen molar-refractivity contribution in [3.8, 4) is 0 Å². The molecule has 0 radical (unpaired) electrons. The molecule has 1 atom stereocenters. The lowest BCUT2D eigenvalue weighted by Crippen LogP contribution is -2.45. The fourth-order valence-corrected chi connectivity index (χ4v) is 4.02. The van der Waals surface area contributed by atoms with E-state index in [1.165, 1.54) is 61.6 Å². The number of benzene rings is 1. The quantitative estimate of drug-likeness (QED) is 0.728. The molecule has 0 bridgehead atoms. The summed E-state index contributed by atoms with van der Waals surface area (Å²) in [5.74, 6) is 0. The first kappa shape index (κ1) is 16.5. The molecule has 118 valence electrons. The Bertz CT molecular complexity index is 443. The highest BCUT2D eigenvalue weighted by molar-refractivity contribution is 5.30. The van der Waals surface area contributed by atoms with Gasteiger partial charge in [0.15, 0.2) is 0 Å². The van der Waals surface area contributed by atoms with Gasteiger partial charge in [0.05, 0.1) is 0 Å². The predicted octanol–water partition coefficient (Wildman–Crippen LogP) is 5.18. The van der Waals surface area contributed by atoms with Crippen LogP contribution in [0, 0.1) is 19.3 Å². The molecular weight excluding hydrogens is 254 g/mol. The Labute approximate surface area is 131 Å². The van der Waals surface area contributed by atoms with E-state index in [-0.39, 0.29) is 0 Å². The molecule has 1 heteroatoms. The number of aryl methyl sites for hydroxylation is 2. The lowest BCUT2D eigenvalue weighted by Gasteiger charge is -2.38. The number of hydrogen-bond acceptors (Lipinski definition) is 1. The van der Waals surface area contributed by atoms with Crippen molar-refractivity contribution in [3.63, 3.8) is 0 Å². The van der Waals surface area contributed by atoms with Crippen molar-refractivity contribution in [2.24, 2.45) is 5.41 Å². The zero-order valence-electron chi connectivity index (χ0n) is 14.5. The third-order valence-electron chi connectivity index (χ3n) is 5.69. The van der Waals surface area contributed by atoms with Crippen LogP contribution in [0.4, 0.5) is 0 Å². The topological polar surface area (TPSA) is 12.0 Å². The van der Waals surface area contributed by atoms with Gasteiger partial charge in [0, 0.05) is 6.04 Å². The van der Waals surface area contributed by atoms with Gasteiger partial charge in [0.2, 0.25) is 0 Å². The summed E-state index contributed by atoms with van der Waals surface area (Å²) in [7, 11) is 0. The first-order chi connectivity index (χ1) is 10.1. The normalized spacial score (nSPS) is 18.9. The van der Waals surface area contributed by atoms with Gasteiger partial charge in [-0.2, -0.15) is 0 Å². The van der Waals surface area contributed by atoms with E-state index in [0.29, 0.717) is 11.5 Å². The molecule has 0 aliphatic heterocycles. The molecule has 1 unspecified atom stereocenters. The number of hydrogen-bond donors (Lipinski definition) is 1. The summed E-state index contributed by atoms with van der Waals surface area (Å²) >= 11 is 0. The molecule has 0 spiro atoms. The molecule has 1 aliphatic carbocycles. The van der Waals surface area contributed by atoms with Gasteiger partial charge in [-0.1, -0.05) is 44.9 Å². The minimum Gasteiger partial charge on any atom is -0.313 e. The van der Waals surface area contributed by atoms with Gasteiger partial charge in [-0.3, -0.25) is 0 Å².